The smallest absolute Gasteiger partial charge is 0.274 e. The van der Waals surface area contributed by atoms with Crippen LogP contribution in [-0.4, -0.2) is 34.2 Å². The van der Waals surface area contributed by atoms with Crippen LogP contribution in [0.15, 0.2) is 64.2 Å². The lowest BCUT2D eigenvalue weighted by Gasteiger charge is -2.18. The lowest BCUT2D eigenvalue weighted by atomic mass is 10.0. The summed E-state index contributed by atoms with van der Waals surface area (Å²) in [7, 11) is 1.94. The highest BCUT2D eigenvalue weighted by atomic mass is 16.5. The molecule has 0 fully saturated rings. The van der Waals surface area contributed by atoms with Crippen LogP contribution < -0.4 is 0 Å². The summed E-state index contributed by atoms with van der Waals surface area (Å²) in [6.07, 6.45) is 1.52. The lowest BCUT2D eigenvalue weighted by molar-refractivity contribution is 0.112. The Kier molecular flexibility index (Phi) is 3.85. The molecule has 0 bridgehead atoms. The molecule has 124 valence electrons. The van der Waals surface area contributed by atoms with E-state index in [0.717, 1.165) is 17.6 Å². The van der Waals surface area contributed by atoms with E-state index in [0.29, 0.717) is 23.7 Å². The quantitative estimate of drug-likeness (QED) is 0.685. The fourth-order valence-electron chi connectivity index (χ4n) is 2.92. The van der Waals surface area contributed by atoms with Crippen molar-refractivity contribution in [1.29, 1.82) is 0 Å². The van der Waals surface area contributed by atoms with Crippen molar-refractivity contribution in [2.75, 3.05) is 7.05 Å². The second kappa shape index (κ2) is 6.32. The Morgan fingerprint density at radius 2 is 1.88 bits per heavy atom. The minimum atomic E-state index is 0.165. The molecule has 4 rings (SSSR count). The maximum Gasteiger partial charge on any atom is 0.274 e. The highest BCUT2D eigenvalue weighted by Crippen LogP contribution is 2.31. The predicted molar refractivity (Wildman–Crippen MR) is 93.2 cm³/mol. The van der Waals surface area contributed by atoms with E-state index in [-0.39, 0.29) is 6.04 Å². The zero-order valence-electron chi connectivity index (χ0n) is 13.7. The van der Waals surface area contributed by atoms with Gasteiger partial charge in [-0.2, -0.15) is 10.1 Å². The van der Waals surface area contributed by atoms with Crippen LogP contribution in [0.2, 0.25) is 0 Å². The van der Waals surface area contributed by atoms with Crippen LogP contribution in [-0.2, 0) is 0 Å². The number of nitrogens with zero attached hydrogens (tertiary/aromatic N) is 4. The molecule has 6 nitrogen and oxygen atoms in total. The van der Waals surface area contributed by atoms with E-state index >= 15 is 0 Å². The molecular formula is C19H16N4O2. The lowest BCUT2D eigenvalue weighted by Crippen LogP contribution is -2.13. The first-order valence-electron chi connectivity index (χ1n) is 7.99. The van der Waals surface area contributed by atoms with Gasteiger partial charge in [0.05, 0.1) is 6.04 Å². The molecule has 0 saturated heterocycles. The molecule has 0 amide bonds. The predicted octanol–water partition coefficient (Wildman–Crippen LogP) is 3.33. The largest absolute Gasteiger partial charge is 0.332 e. The molecular weight excluding hydrogens is 316 g/mol. The van der Waals surface area contributed by atoms with Gasteiger partial charge >= 0.3 is 0 Å². The molecule has 1 aromatic heterocycles. The average Bonchev–Trinajstić information content (AvgIpc) is 3.29. The number of carbonyl (C=O) groups excluding carboxylic acids is 1. The van der Waals surface area contributed by atoms with Gasteiger partial charge in [0.25, 0.3) is 5.89 Å². The van der Waals surface area contributed by atoms with Crippen molar-refractivity contribution in [3.05, 3.63) is 71.6 Å². The SMILES string of the molecule is CN1N=C(c2nc(-c3ccc(C=O)cc3)no2)CC1c1ccccc1. The van der Waals surface area contributed by atoms with Gasteiger partial charge in [0.2, 0.25) is 5.82 Å². The summed E-state index contributed by atoms with van der Waals surface area (Å²) in [5, 5.41) is 10.5. The minimum absolute atomic E-state index is 0.165. The molecule has 0 spiro atoms. The van der Waals surface area contributed by atoms with Gasteiger partial charge in [-0.15, -0.1) is 0 Å². The minimum Gasteiger partial charge on any atom is -0.332 e. The monoisotopic (exact) mass is 332 g/mol. The van der Waals surface area contributed by atoms with Gasteiger partial charge in [0.1, 0.15) is 12.0 Å². The van der Waals surface area contributed by atoms with Crippen LogP contribution in [0, 0.1) is 0 Å². The van der Waals surface area contributed by atoms with E-state index in [9.17, 15) is 4.79 Å². The van der Waals surface area contributed by atoms with Crippen LogP contribution in [0.1, 0.15) is 34.3 Å². The normalized spacial score (nSPS) is 16.8. The third kappa shape index (κ3) is 2.94. The third-order valence-corrected chi connectivity index (χ3v) is 4.28. The van der Waals surface area contributed by atoms with Gasteiger partial charge in [0, 0.05) is 24.6 Å². The van der Waals surface area contributed by atoms with Gasteiger partial charge in [-0.25, -0.2) is 0 Å². The van der Waals surface area contributed by atoms with Crippen molar-refractivity contribution >= 4 is 12.0 Å². The van der Waals surface area contributed by atoms with E-state index in [1.807, 2.05) is 30.3 Å². The van der Waals surface area contributed by atoms with E-state index < -0.39 is 0 Å². The summed E-state index contributed by atoms with van der Waals surface area (Å²) < 4.78 is 5.40. The molecule has 3 aromatic rings. The first-order chi connectivity index (χ1) is 12.2. The molecule has 1 unspecified atom stereocenters. The molecule has 0 N–H and O–H groups in total. The molecule has 2 aromatic carbocycles. The molecule has 2 heterocycles. The number of hydrazone groups is 1. The number of hydrogen-bond donors (Lipinski definition) is 0. The summed E-state index contributed by atoms with van der Waals surface area (Å²) in [6.45, 7) is 0. The first-order valence-corrected chi connectivity index (χ1v) is 7.99. The molecule has 1 aliphatic heterocycles. The Balaban J connectivity index is 1.56. The van der Waals surface area contributed by atoms with Crippen molar-refractivity contribution in [2.24, 2.45) is 5.10 Å². The number of carbonyl (C=O) groups is 1. The van der Waals surface area contributed by atoms with Crippen LogP contribution in [0.25, 0.3) is 11.4 Å². The van der Waals surface area contributed by atoms with Crippen LogP contribution in [0.3, 0.4) is 0 Å². The summed E-state index contributed by atoms with van der Waals surface area (Å²) in [6, 6.07) is 17.4. The standard InChI is InChI=1S/C19H16N4O2/c1-23-17(14-5-3-2-4-6-14)11-16(21-23)19-20-18(22-25-19)15-9-7-13(12-24)8-10-15/h2-10,12,17H,11H2,1H3. The van der Waals surface area contributed by atoms with E-state index in [1.165, 1.54) is 5.56 Å². The third-order valence-electron chi connectivity index (χ3n) is 4.28. The highest BCUT2D eigenvalue weighted by molar-refractivity contribution is 5.98. The number of benzene rings is 2. The number of hydrogen-bond acceptors (Lipinski definition) is 6. The van der Waals surface area contributed by atoms with Crippen molar-refractivity contribution in [1.82, 2.24) is 15.1 Å². The molecule has 25 heavy (non-hydrogen) atoms. The summed E-state index contributed by atoms with van der Waals surface area (Å²) in [5.41, 5.74) is 3.39. The maximum atomic E-state index is 10.7. The average molecular weight is 332 g/mol. The second-order valence-corrected chi connectivity index (χ2v) is 5.91. The highest BCUT2D eigenvalue weighted by Gasteiger charge is 2.29. The van der Waals surface area contributed by atoms with Gasteiger partial charge in [-0.1, -0.05) is 59.8 Å². The fraction of sp³-hybridized carbons (Fsp3) is 0.158. The topological polar surface area (TPSA) is 71.6 Å². The Labute approximate surface area is 144 Å². The Morgan fingerprint density at radius 1 is 1.12 bits per heavy atom. The van der Waals surface area contributed by atoms with Crippen molar-refractivity contribution in [3.63, 3.8) is 0 Å². The Hall–Kier alpha value is -3.28. The molecule has 1 aliphatic rings. The molecule has 6 heteroatoms. The number of rotatable bonds is 4. The van der Waals surface area contributed by atoms with Gasteiger partial charge in [-0.05, 0) is 5.56 Å². The van der Waals surface area contributed by atoms with Gasteiger partial charge < -0.3 is 4.52 Å². The molecule has 0 aliphatic carbocycles. The fourth-order valence-corrected chi connectivity index (χ4v) is 2.92. The zero-order valence-corrected chi connectivity index (χ0v) is 13.7. The van der Waals surface area contributed by atoms with Gasteiger partial charge in [-0.3, -0.25) is 9.80 Å². The van der Waals surface area contributed by atoms with Crippen LogP contribution in [0.5, 0.6) is 0 Å². The summed E-state index contributed by atoms with van der Waals surface area (Å²) >= 11 is 0. The number of aldehydes is 1. The van der Waals surface area contributed by atoms with Crippen LogP contribution in [0.4, 0.5) is 0 Å². The Morgan fingerprint density at radius 3 is 2.60 bits per heavy atom. The Bertz CT molecular complexity index is 916. The van der Waals surface area contributed by atoms with Crippen LogP contribution >= 0.6 is 0 Å². The summed E-state index contributed by atoms with van der Waals surface area (Å²) in [4.78, 5) is 15.2. The second-order valence-electron chi connectivity index (χ2n) is 5.91. The van der Waals surface area contributed by atoms with Crippen molar-refractivity contribution < 1.29 is 9.32 Å². The van der Waals surface area contributed by atoms with Gasteiger partial charge in [0.15, 0.2) is 0 Å². The van der Waals surface area contributed by atoms with Crippen molar-refractivity contribution in [3.8, 4) is 11.4 Å². The van der Waals surface area contributed by atoms with E-state index in [1.54, 1.807) is 24.3 Å². The van der Waals surface area contributed by atoms with E-state index in [4.69, 9.17) is 4.52 Å². The number of aromatic nitrogens is 2. The summed E-state index contributed by atoms with van der Waals surface area (Å²) in [5.74, 6) is 0.917. The van der Waals surface area contributed by atoms with Crippen molar-refractivity contribution in [2.45, 2.75) is 12.5 Å². The molecule has 0 saturated carbocycles. The zero-order chi connectivity index (χ0) is 17.2. The maximum absolute atomic E-state index is 10.7. The first kappa shape index (κ1) is 15.3. The van der Waals surface area contributed by atoms with E-state index in [2.05, 4.69) is 27.4 Å². The molecule has 0 radical (unpaired) electrons. The molecule has 1 atom stereocenters.